The number of halogens is 3. The van der Waals surface area contributed by atoms with Gasteiger partial charge >= 0.3 is 0 Å². The van der Waals surface area contributed by atoms with Gasteiger partial charge in [-0.25, -0.2) is 8.78 Å². The quantitative estimate of drug-likeness (QED) is 0.738. The summed E-state index contributed by atoms with van der Waals surface area (Å²) in [5, 5.41) is 3.18. The molecule has 0 heterocycles. The van der Waals surface area contributed by atoms with Crippen LogP contribution in [0.2, 0.25) is 0 Å². The highest BCUT2D eigenvalue weighted by Crippen LogP contribution is 2.11. The van der Waals surface area contributed by atoms with Gasteiger partial charge in [-0.1, -0.05) is 19.4 Å². The summed E-state index contributed by atoms with van der Waals surface area (Å²) in [6, 6.07) is 3.66. The van der Waals surface area contributed by atoms with Crippen LogP contribution in [-0.4, -0.2) is 12.4 Å². The lowest BCUT2D eigenvalue weighted by Gasteiger charge is -2.14. The molecule has 0 aliphatic carbocycles. The minimum atomic E-state index is -0.542. The second-order valence-electron chi connectivity index (χ2n) is 4.12. The summed E-state index contributed by atoms with van der Waals surface area (Å²) in [5.41, 5.74) is 0.493. The van der Waals surface area contributed by atoms with E-state index < -0.39 is 11.6 Å². The third kappa shape index (κ3) is 5.00. The number of benzene rings is 1. The van der Waals surface area contributed by atoms with Crippen LogP contribution >= 0.6 is 11.6 Å². The molecule has 4 heteroatoms. The van der Waals surface area contributed by atoms with Crippen LogP contribution in [0, 0.1) is 17.6 Å². The van der Waals surface area contributed by atoms with Crippen molar-refractivity contribution in [1.29, 1.82) is 0 Å². The third-order valence-electron chi connectivity index (χ3n) is 2.86. The van der Waals surface area contributed by atoms with Crippen LogP contribution in [-0.2, 0) is 6.54 Å². The van der Waals surface area contributed by atoms with Crippen molar-refractivity contribution in [3.63, 3.8) is 0 Å². The summed E-state index contributed by atoms with van der Waals surface area (Å²) in [4.78, 5) is 0. The Labute approximate surface area is 106 Å². The summed E-state index contributed by atoms with van der Waals surface area (Å²) in [6.45, 7) is 3.34. The van der Waals surface area contributed by atoms with E-state index in [1.807, 2.05) is 0 Å². The molecule has 96 valence electrons. The SMILES string of the molecule is CCC(CCCl)CNCc1ccc(F)cc1F. The number of nitrogens with one attached hydrogen (secondary N) is 1. The molecule has 1 nitrogen and oxygen atoms in total. The van der Waals surface area contributed by atoms with Crippen LogP contribution in [0.1, 0.15) is 25.3 Å². The number of hydrogen-bond acceptors (Lipinski definition) is 1. The van der Waals surface area contributed by atoms with Gasteiger partial charge in [0.1, 0.15) is 11.6 Å². The van der Waals surface area contributed by atoms with Crippen LogP contribution in [0.3, 0.4) is 0 Å². The first kappa shape index (κ1) is 14.4. The average molecular weight is 262 g/mol. The molecule has 1 unspecified atom stereocenters. The lowest BCUT2D eigenvalue weighted by molar-refractivity contribution is 0.447. The van der Waals surface area contributed by atoms with Crippen molar-refractivity contribution in [3.05, 3.63) is 35.4 Å². The monoisotopic (exact) mass is 261 g/mol. The van der Waals surface area contributed by atoms with Gasteiger partial charge in [0, 0.05) is 24.1 Å². The number of hydrogen-bond donors (Lipinski definition) is 1. The standard InChI is InChI=1S/C13H18ClF2N/c1-2-10(5-6-14)8-17-9-11-3-4-12(15)7-13(11)16/h3-4,7,10,17H,2,5-6,8-9H2,1H3. The van der Waals surface area contributed by atoms with E-state index in [0.717, 1.165) is 25.5 Å². The Hall–Kier alpha value is -0.670. The fourth-order valence-corrected chi connectivity index (χ4v) is 1.99. The second kappa shape index (κ2) is 7.62. The minimum absolute atomic E-state index is 0.422. The van der Waals surface area contributed by atoms with Gasteiger partial charge in [0.05, 0.1) is 0 Å². The summed E-state index contributed by atoms with van der Waals surface area (Å²) in [7, 11) is 0. The highest BCUT2D eigenvalue weighted by atomic mass is 35.5. The van der Waals surface area contributed by atoms with Crippen LogP contribution in [0.15, 0.2) is 18.2 Å². The molecular weight excluding hydrogens is 244 g/mol. The van der Waals surface area contributed by atoms with E-state index in [4.69, 9.17) is 11.6 Å². The van der Waals surface area contributed by atoms with Crippen molar-refractivity contribution in [1.82, 2.24) is 5.32 Å². The van der Waals surface area contributed by atoms with E-state index in [1.54, 1.807) is 0 Å². The van der Waals surface area contributed by atoms with Crippen LogP contribution in [0.4, 0.5) is 8.78 Å². The van der Waals surface area contributed by atoms with E-state index >= 15 is 0 Å². The summed E-state index contributed by atoms with van der Waals surface area (Å²) in [5.74, 6) is 0.115. The second-order valence-corrected chi connectivity index (χ2v) is 4.50. The Kier molecular flexibility index (Phi) is 6.45. The van der Waals surface area contributed by atoms with Crippen molar-refractivity contribution in [2.75, 3.05) is 12.4 Å². The van der Waals surface area contributed by atoms with Crippen LogP contribution < -0.4 is 5.32 Å². The van der Waals surface area contributed by atoms with Gasteiger partial charge < -0.3 is 5.32 Å². The first-order valence-electron chi connectivity index (χ1n) is 5.88. The van der Waals surface area contributed by atoms with E-state index in [2.05, 4.69) is 12.2 Å². The fraction of sp³-hybridized carbons (Fsp3) is 0.538. The molecule has 0 spiro atoms. The maximum Gasteiger partial charge on any atom is 0.130 e. The lowest BCUT2D eigenvalue weighted by atomic mass is 10.0. The number of rotatable bonds is 7. The van der Waals surface area contributed by atoms with Crippen molar-refractivity contribution >= 4 is 11.6 Å². The molecule has 0 aliphatic rings. The largest absolute Gasteiger partial charge is 0.312 e. The van der Waals surface area contributed by atoms with Crippen molar-refractivity contribution < 1.29 is 8.78 Å². The smallest absolute Gasteiger partial charge is 0.130 e. The van der Waals surface area contributed by atoms with E-state index in [1.165, 1.54) is 12.1 Å². The summed E-state index contributed by atoms with van der Waals surface area (Å²) < 4.78 is 26.0. The molecule has 0 bridgehead atoms. The van der Waals surface area contributed by atoms with Gasteiger partial charge in [-0.15, -0.1) is 11.6 Å². The third-order valence-corrected chi connectivity index (χ3v) is 3.08. The normalized spacial score (nSPS) is 12.7. The first-order chi connectivity index (χ1) is 8.17. The molecule has 1 rings (SSSR count). The molecule has 0 aromatic heterocycles. The summed E-state index contributed by atoms with van der Waals surface area (Å²) >= 11 is 5.68. The summed E-state index contributed by atoms with van der Waals surface area (Å²) in [6.07, 6.45) is 2.00. The average Bonchev–Trinajstić information content (AvgIpc) is 2.30. The molecule has 1 aromatic carbocycles. The van der Waals surface area contributed by atoms with Gasteiger partial charge in [0.25, 0.3) is 0 Å². The Bertz CT molecular complexity index is 344. The number of alkyl halides is 1. The van der Waals surface area contributed by atoms with E-state index in [0.29, 0.717) is 23.9 Å². The molecule has 0 radical (unpaired) electrons. The molecule has 0 amide bonds. The molecule has 17 heavy (non-hydrogen) atoms. The minimum Gasteiger partial charge on any atom is -0.312 e. The molecule has 0 saturated carbocycles. The van der Waals surface area contributed by atoms with Gasteiger partial charge in [0.15, 0.2) is 0 Å². The Morgan fingerprint density at radius 3 is 2.71 bits per heavy atom. The molecule has 0 fully saturated rings. The Morgan fingerprint density at radius 2 is 2.12 bits per heavy atom. The Morgan fingerprint density at radius 1 is 1.35 bits per heavy atom. The predicted octanol–water partition coefficient (Wildman–Crippen LogP) is 3.71. The molecular formula is C13H18ClF2N. The highest BCUT2D eigenvalue weighted by molar-refractivity contribution is 6.17. The highest BCUT2D eigenvalue weighted by Gasteiger charge is 2.07. The van der Waals surface area contributed by atoms with Gasteiger partial charge in [-0.3, -0.25) is 0 Å². The molecule has 1 atom stereocenters. The molecule has 0 saturated heterocycles. The predicted molar refractivity (Wildman–Crippen MR) is 67.2 cm³/mol. The molecule has 0 aliphatic heterocycles. The zero-order valence-corrected chi connectivity index (χ0v) is 10.7. The van der Waals surface area contributed by atoms with Crippen molar-refractivity contribution in [2.45, 2.75) is 26.3 Å². The van der Waals surface area contributed by atoms with E-state index in [9.17, 15) is 8.78 Å². The van der Waals surface area contributed by atoms with Gasteiger partial charge in [-0.2, -0.15) is 0 Å². The molecule has 1 aromatic rings. The first-order valence-corrected chi connectivity index (χ1v) is 6.41. The zero-order chi connectivity index (χ0) is 12.7. The molecule has 1 N–H and O–H groups in total. The fourth-order valence-electron chi connectivity index (χ4n) is 1.68. The van der Waals surface area contributed by atoms with E-state index in [-0.39, 0.29) is 0 Å². The zero-order valence-electron chi connectivity index (χ0n) is 9.98. The van der Waals surface area contributed by atoms with Crippen LogP contribution in [0.25, 0.3) is 0 Å². The maximum atomic E-state index is 13.3. The Balaban J connectivity index is 2.39. The van der Waals surface area contributed by atoms with Gasteiger partial charge in [0.2, 0.25) is 0 Å². The lowest BCUT2D eigenvalue weighted by Crippen LogP contribution is -2.23. The topological polar surface area (TPSA) is 12.0 Å². The van der Waals surface area contributed by atoms with Crippen molar-refractivity contribution in [3.8, 4) is 0 Å². The van der Waals surface area contributed by atoms with Crippen LogP contribution in [0.5, 0.6) is 0 Å². The van der Waals surface area contributed by atoms with Gasteiger partial charge in [-0.05, 0) is 24.9 Å². The van der Waals surface area contributed by atoms with Crippen molar-refractivity contribution in [2.24, 2.45) is 5.92 Å². The maximum absolute atomic E-state index is 13.3.